The van der Waals surface area contributed by atoms with Crippen molar-refractivity contribution in [2.75, 3.05) is 0 Å². The van der Waals surface area contributed by atoms with Gasteiger partial charge in [-0.1, -0.05) is 123 Å². The zero-order valence-corrected chi connectivity index (χ0v) is 20.7. The molecule has 0 nitrogen and oxygen atoms in total. The van der Waals surface area contributed by atoms with Gasteiger partial charge < -0.3 is 0 Å². The van der Waals surface area contributed by atoms with Crippen LogP contribution in [0, 0.1) is 0 Å². The van der Waals surface area contributed by atoms with Crippen molar-refractivity contribution in [1.82, 2.24) is 0 Å². The van der Waals surface area contributed by atoms with E-state index in [9.17, 15) is 0 Å². The Bertz CT molecular complexity index is 241. The molecule has 0 fully saturated rings. The summed E-state index contributed by atoms with van der Waals surface area (Å²) in [6.45, 7) is 4.58. The first kappa shape index (κ1) is 27.7. The van der Waals surface area contributed by atoms with Gasteiger partial charge in [0.15, 0.2) is 0 Å². The third-order valence-corrected chi connectivity index (χ3v) is 6.89. The second-order valence-electron chi connectivity index (χ2n) is 8.77. The van der Waals surface area contributed by atoms with Crippen LogP contribution >= 0.6 is 25.3 Å². The van der Waals surface area contributed by atoms with Crippen molar-refractivity contribution in [3.05, 3.63) is 0 Å². The molecule has 2 heteroatoms. The van der Waals surface area contributed by atoms with Crippen LogP contribution in [0.1, 0.15) is 149 Å². The zero-order valence-electron chi connectivity index (χ0n) is 18.9. The molecular weight excluding hydrogens is 364 g/mol. The summed E-state index contributed by atoms with van der Waals surface area (Å²) in [5.74, 6) is 0. The Balaban J connectivity index is 3.29. The average Bonchev–Trinajstić information content (AvgIpc) is 2.66. The molecule has 0 aliphatic rings. The van der Waals surface area contributed by atoms with Crippen LogP contribution in [0.2, 0.25) is 0 Å². The Labute approximate surface area is 184 Å². The van der Waals surface area contributed by atoms with Gasteiger partial charge in [0.05, 0.1) is 0 Å². The third-order valence-electron chi connectivity index (χ3n) is 5.86. The van der Waals surface area contributed by atoms with Crippen LogP contribution in [0.5, 0.6) is 0 Å². The van der Waals surface area contributed by atoms with E-state index in [0.29, 0.717) is 10.5 Å². The lowest BCUT2D eigenvalue weighted by Crippen LogP contribution is -2.03. The van der Waals surface area contributed by atoms with Gasteiger partial charge in [-0.15, -0.1) is 0 Å². The fraction of sp³-hybridized carbons (Fsp3) is 1.00. The lowest BCUT2D eigenvalue weighted by molar-refractivity contribution is 0.530. The molecule has 0 aliphatic heterocycles. The minimum absolute atomic E-state index is 0.619. The van der Waals surface area contributed by atoms with Gasteiger partial charge in [-0.2, -0.15) is 25.3 Å². The van der Waals surface area contributed by atoms with E-state index in [1.54, 1.807) is 0 Å². The van der Waals surface area contributed by atoms with Crippen molar-refractivity contribution in [3.63, 3.8) is 0 Å². The van der Waals surface area contributed by atoms with E-state index in [1.165, 1.54) is 135 Å². The lowest BCUT2D eigenvalue weighted by atomic mass is 10.0. The van der Waals surface area contributed by atoms with Gasteiger partial charge in [0.1, 0.15) is 0 Å². The van der Waals surface area contributed by atoms with E-state index < -0.39 is 0 Å². The Kier molecular flexibility index (Phi) is 23.6. The van der Waals surface area contributed by atoms with Gasteiger partial charge in [-0.05, 0) is 25.7 Å². The van der Waals surface area contributed by atoms with Crippen LogP contribution in [0.4, 0.5) is 0 Å². The second-order valence-corrected chi connectivity index (χ2v) is 10.2. The monoisotopic (exact) mass is 416 g/mol. The Morgan fingerprint density at radius 3 is 0.963 bits per heavy atom. The first-order chi connectivity index (χ1) is 13.2. The highest BCUT2D eigenvalue weighted by Gasteiger charge is 2.07. The van der Waals surface area contributed by atoms with Gasteiger partial charge >= 0.3 is 0 Å². The topological polar surface area (TPSA) is 0 Å². The molecule has 0 N–H and O–H groups in total. The summed E-state index contributed by atoms with van der Waals surface area (Å²) in [5.41, 5.74) is 0. The first-order valence-corrected chi connectivity index (χ1v) is 13.6. The molecule has 27 heavy (non-hydrogen) atoms. The van der Waals surface area contributed by atoms with E-state index in [1.807, 2.05) is 0 Å². The largest absolute Gasteiger partial charge is 0.176 e. The number of unbranched alkanes of at least 4 members (excludes halogenated alkanes) is 14. The fourth-order valence-corrected chi connectivity index (χ4v) is 4.64. The predicted octanol–water partition coefficient (Wildman–Crippen LogP) is 9.82. The molecule has 0 spiro atoms. The van der Waals surface area contributed by atoms with E-state index >= 15 is 0 Å². The molecule has 0 radical (unpaired) electrons. The summed E-state index contributed by atoms with van der Waals surface area (Å²) >= 11 is 9.62. The van der Waals surface area contributed by atoms with E-state index in [0.717, 1.165) is 0 Å². The minimum Gasteiger partial charge on any atom is -0.176 e. The Hall–Kier alpha value is 0.700. The van der Waals surface area contributed by atoms with Gasteiger partial charge in [0.2, 0.25) is 0 Å². The molecule has 2 unspecified atom stereocenters. The normalized spacial score (nSPS) is 13.8. The van der Waals surface area contributed by atoms with Gasteiger partial charge in [-0.3, -0.25) is 0 Å². The SMILES string of the molecule is CCCCCCCCCCC(S)CCCC(S)CCCCCCCCCC. The molecule has 2 atom stereocenters. The summed E-state index contributed by atoms with van der Waals surface area (Å²) in [7, 11) is 0. The maximum atomic E-state index is 4.81. The molecular formula is C25H52S2. The third kappa shape index (κ3) is 22.8. The highest BCUT2D eigenvalue weighted by atomic mass is 32.1. The van der Waals surface area contributed by atoms with Crippen LogP contribution in [-0.2, 0) is 0 Å². The van der Waals surface area contributed by atoms with Crippen LogP contribution in [0.3, 0.4) is 0 Å². The van der Waals surface area contributed by atoms with Crippen LogP contribution in [0.15, 0.2) is 0 Å². The smallest absolute Gasteiger partial charge is 0.00168 e. The quantitative estimate of drug-likeness (QED) is 0.127. The minimum atomic E-state index is 0.619. The number of hydrogen-bond acceptors (Lipinski definition) is 2. The van der Waals surface area contributed by atoms with E-state index in [2.05, 4.69) is 13.8 Å². The molecule has 0 rings (SSSR count). The molecule has 0 aromatic rings. The summed E-state index contributed by atoms with van der Waals surface area (Å²) < 4.78 is 0. The first-order valence-electron chi connectivity index (χ1n) is 12.6. The Morgan fingerprint density at radius 2 is 0.630 bits per heavy atom. The van der Waals surface area contributed by atoms with E-state index in [4.69, 9.17) is 25.3 Å². The molecule has 164 valence electrons. The van der Waals surface area contributed by atoms with Crippen molar-refractivity contribution in [3.8, 4) is 0 Å². The number of thiol groups is 2. The van der Waals surface area contributed by atoms with Crippen LogP contribution in [0.25, 0.3) is 0 Å². The molecule has 0 saturated carbocycles. The molecule has 0 amide bonds. The molecule has 0 aromatic heterocycles. The predicted molar refractivity (Wildman–Crippen MR) is 134 cm³/mol. The van der Waals surface area contributed by atoms with Crippen LogP contribution in [-0.4, -0.2) is 10.5 Å². The van der Waals surface area contributed by atoms with Gasteiger partial charge in [-0.25, -0.2) is 0 Å². The zero-order chi connectivity index (χ0) is 20.0. The van der Waals surface area contributed by atoms with Crippen molar-refractivity contribution < 1.29 is 0 Å². The highest BCUT2D eigenvalue weighted by Crippen LogP contribution is 2.20. The maximum Gasteiger partial charge on any atom is 0.00168 e. The lowest BCUT2D eigenvalue weighted by Gasteiger charge is -2.13. The van der Waals surface area contributed by atoms with Crippen molar-refractivity contribution in [2.45, 2.75) is 159 Å². The summed E-state index contributed by atoms with van der Waals surface area (Å²) in [6.07, 6.45) is 29.2. The number of hydrogen-bond donors (Lipinski definition) is 2. The summed E-state index contributed by atoms with van der Waals surface area (Å²) in [5, 5.41) is 1.24. The molecule has 0 aliphatic carbocycles. The van der Waals surface area contributed by atoms with E-state index in [-0.39, 0.29) is 0 Å². The van der Waals surface area contributed by atoms with Gasteiger partial charge in [0, 0.05) is 10.5 Å². The maximum absolute atomic E-state index is 4.81. The van der Waals surface area contributed by atoms with Crippen LogP contribution < -0.4 is 0 Å². The number of rotatable bonds is 22. The standard InChI is InChI=1S/C25H52S2/c1-3-5-7-9-11-13-15-17-20-24(26)22-19-23-25(27)21-18-16-14-12-10-8-6-4-2/h24-27H,3-23H2,1-2H3. The molecule has 0 saturated heterocycles. The summed E-state index contributed by atoms with van der Waals surface area (Å²) in [4.78, 5) is 0. The molecule has 0 bridgehead atoms. The average molecular weight is 417 g/mol. The van der Waals surface area contributed by atoms with Crippen molar-refractivity contribution in [2.24, 2.45) is 0 Å². The molecule has 0 aromatic carbocycles. The van der Waals surface area contributed by atoms with Gasteiger partial charge in [0.25, 0.3) is 0 Å². The fourth-order valence-electron chi connectivity index (χ4n) is 3.91. The van der Waals surface area contributed by atoms with Crippen molar-refractivity contribution >= 4 is 25.3 Å². The Morgan fingerprint density at radius 1 is 0.370 bits per heavy atom. The highest BCUT2D eigenvalue weighted by molar-refractivity contribution is 7.81. The summed E-state index contributed by atoms with van der Waals surface area (Å²) in [6, 6.07) is 0. The van der Waals surface area contributed by atoms with Crippen molar-refractivity contribution in [1.29, 1.82) is 0 Å². The molecule has 0 heterocycles. The second kappa shape index (κ2) is 23.0.